The number of ether oxygens (including phenoxy) is 1. The molecule has 1 aromatic carbocycles. The summed E-state index contributed by atoms with van der Waals surface area (Å²) < 4.78 is 7.98. The number of aromatic nitrogens is 3. The second-order valence-corrected chi connectivity index (χ2v) is 9.48. The molecule has 9 heteroatoms. The van der Waals surface area contributed by atoms with Gasteiger partial charge in [0.05, 0.1) is 17.9 Å². The van der Waals surface area contributed by atoms with E-state index in [0.717, 1.165) is 33.5 Å². The number of benzene rings is 1. The number of anilines is 1. The van der Waals surface area contributed by atoms with Gasteiger partial charge in [-0.1, -0.05) is 17.7 Å². The Kier molecular flexibility index (Phi) is 4.37. The summed E-state index contributed by atoms with van der Waals surface area (Å²) >= 11 is 7.50. The molecule has 0 fully saturated rings. The van der Waals surface area contributed by atoms with Gasteiger partial charge >= 0.3 is 0 Å². The van der Waals surface area contributed by atoms with Crippen LogP contribution in [-0.4, -0.2) is 20.1 Å². The van der Waals surface area contributed by atoms with Gasteiger partial charge in [-0.25, -0.2) is 20.4 Å². The Bertz CT molecular complexity index is 1390. The smallest absolute Gasteiger partial charge is 0.277 e. The number of nitrogens with zero attached hydrogens (tertiary/aromatic N) is 3. The molecule has 1 aliphatic heterocycles. The van der Waals surface area contributed by atoms with Crippen LogP contribution >= 0.6 is 22.9 Å². The van der Waals surface area contributed by atoms with Crippen LogP contribution in [0.15, 0.2) is 29.1 Å². The lowest BCUT2D eigenvalue weighted by atomic mass is 9.89. The molecular formula is C21H20ClN5O2S. The zero-order valence-electron chi connectivity index (χ0n) is 16.7. The molecule has 0 aliphatic carbocycles. The third kappa shape index (κ3) is 2.91. The summed E-state index contributed by atoms with van der Waals surface area (Å²) in [6, 6.07) is 7.02. The number of fused-ring (bicyclic) bond motifs is 5. The number of nitrogen functional groups attached to an aromatic ring is 1. The third-order valence-corrected chi connectivity index (χ3v) is 6.76. The zero-order valence-corrected chi connectivity index (χ0v) is 18.3. The first-order valence-corrected chi connectivity index (χ1v) is 10.7. The molecule has 7 nitrogen and oxygen atoms in total. The molecular weight excluding hydrogens is 422 g/mol. The van der Waals surface area contributed by atoms with Crippen LogP contribution in [0.5, 0.6) is 0 Å². The minimum Gasteiger partial charge on any atom is -0.370 e. The number of nitrogens with one attached hydrogen (secondary N) is 1. The van der Waals surface area contributed by atoms with Crippen molar-refractivity contribution < 1.29 is 4.74 Å². The standard InChI is InChI=1S/C21H20ClN5O2S/c1-10-14-9-29-21(2,3)8-13(14)15-16-17(30-18(15)24-10)19(28)27(20(25-16)26-23)12-6-4-5-11(22)7-12/h4-7H,8-9,23H2,1-3H3,(H,25,26). The van der Waals surface area contributed by atoms with E-state index in [0.29, 0.717) is 27.5 Å². The molecule has 0 saturated heterocycles. The lowest BCUT2D eigenvalue weighted by Crippen LogP contribution is -2.32. The quantitative estimate of drug-likeness (QED) is 0.359. The average Bonchev–Trinajstić information content (AvgIpc) is 3.05. The van der Waals surface area contributed by atoms with Gasteiger partial charge in [-0.3, -0.25) is 10.2 Å². The Morgan fingerprint density at radius 3 is 2.83 bits per heavy atom. The van der Waals surface area contributed by atoms with E-state index < -0.39 is 0 Å². The predicted molar refractivity (Wildman–Crippen MR) is 121 cm³/mol. The van der Waals surface area contributed by atoms with Crippen molar-refractivity contribution in [3.8, 4) is 5.69 Å². The summed E-state index contributed by atoms with van der Waals surface area (Å²) in [5.74, 6) is 6.01. The van der Waals surface area contributed by atoms with E-state index in [4.69, 9.17) is 32.1 Å². The number of hydrogen-bond acceptors (Lipinski definition) is 7. The lowest BCUT2D eigenvalue weighted by molar-refractivity contribution is -0.0400. The number of rotatable bonds is 2. The van der Waals surface area contributed by atoms with Crippen LogP contribution in [0.4, 0.5) is 5.95 Å². The Hall–Kier alpha value is -2.52. The molecule has 30 heavy (non-hydrogen) atoms. The molecule has 0 saturated carbocycles. The maximum Gasteiger partial charge on any atom is 0.277 e. The van der Waals surface area contributed by atoms with Gasteiger partial charge in [0.15, 0.2) is 0 Å². The Balaban J connectivity index is 1.89. The average molecular weight is 442 g/mol. The highest BCUT2D eigenvalue weighted by atomic mass is 35.5. The first kappa shape index (κ1) is 19.4. The van der Waals surface area contributed by atoms with Gasteiger partial charge in [-0.15, -0.1) is 11.3 Å². The molecule has 3 N–H and O–H groups in total. The van der Waals surface area contributed by atoms with Crippen LogP contribution < -0.4 is 16.8 Å². The molecule has 4 heterocycles. The summed E-state index contributed by atoms with van der Waals surface area (Å²) in [5.41, 5.74) is 6.42. The molecule has 1 aliphatic rings. The topological polar surface area (TPSA) is 95.1 Å². The highest BCUT2D eigenvalue weighted by Crippen LogP contribution is 2.40. The number of aryl methyl sites for hydroxylation is 1. The molecule has 3 aromatic heterocycles. The minimum absolute atomic E-state index is 0.212. The largest absolute Gasteiger partial charge is 0.370 e. The fraction of sp³-hybridized carbons (Fsp3) is 0.286. The van der Waals surface area contributed by atoms with E-state index in [9.17, 15) is 4.79 Å². The molecule has 4 aromatic rings. The summed E-state index contributed by atoms with van der Waals surface area (Å²) in [6.07, 6.45) is 0.721. The molecule has 0 amide bonds. The van der Waals surface area contributed by atoms with E-state index in [1.54, 1.807) is 24.3 Å². The fourth-order valence-electron chi connectivity index (χ4n) is 4.04. The number of nitrogens with two attached hydrogens (primary N) is 1. The molecule has 0 atom stereocenters. The minimum atomic E-state index is -0.299. The van der Waals surface area contributed by atoms with Crippen molar-refractivity contribution in [3.63, 3.8) is 0 Å². The highest BCUT2D eigenvalue weighted by Gasteiger charge is 2.31. The molecule has 0 unspecified atom stereocenters. The van der Waals surface area contributed by atoms with Gasteiger partial charge in [-0.2, -0.15) is 0 Å². The van der Waals surface area contributed by atoms with E-state index >= 15 is 0 Å². The second kappa shape index (κ2) is 6.75. The van der Waals surface area contributed by atoms with Crippen molar-refractivity contribution in [3.05, 3.63) is 56.5 Å². The first-order valence-electron chi connectivity index (χ1n) is 9.53. The zero-order chi connectivity index (χ0) is 21.2. The number of hydrazine groups is 1. The number of pyridine rings is 1. The van der Waals surface area contributed by atoms with Crippen molar-refractivity contribution >= 4 is 49.3 Å². The van der Waals surface area contributed by atoms with Crippen LogP contribution in [0.2, 0.25) is 5.02 Å². The maximum atomic E-state index is 13.5. The molecule has 154 valence electrons. The fourth-order valence-corrected chi connectivity index (χ4v) is 5.34. The van der Waals surface area contributed by atoms with Gasteiger partial charge in [0, 0.05) is 28.1 Å². The molecule has 0 bridgehead atoms. The van der Waals surface area contributed by atoms with Gasteiger partial charge in [0.1, 0.15) is 15.0 Å². The number of hydrogen-bond donors (Lipinski definition) is 2. The summed E-state index contributed by atoms with van der Waals surface area (Å²) in [6.45, 7) is 6.61. The van der Waals surface area contributed by atoms with Gasteiger partial charge in [-0.05, 0) is 44.5 Å². The first-order chi connectivity index (χ1) is 14.3. The van der Waals surface area contributed by atoms with Gasteiger partial charge in [0.25, 0.3) is 5.56 Å². The van der Waals surface area contributed by atoms with Crippen molar-refractivity contribution in [1.29, 1.82) is 0 Å². The molecule has 5 rings (SSSR count). The van der Waals surface area contributed by atoms with Crippen molar-refractivity contribution in [2.24, 2.45) is 5.84 Å². The predicted octanol–water partition coefficient (Wildman–Crippen LogP) is 4.09. The number of thiophene rings is 1. The van der Waals surface area contributed by atoms with E-state index in [1.165, 1.54) is 15.9 Å². The van der Waals surface area contributed by atoms with Crippen LogP contribution in [0, 0.1) is 6.92 Å². The van der Waals surface area contributed by atoms with E-state index in [1.807, 2.05) is 6.92 Å². The second-order valence-electron chi connectivity index (χ2n) is 8.04. The Morgan fingerprint density at radius 1 is 1.30 bits per heavy atom. The van der Waals surface area contributed by atoms with Crippen molar-refractivity contribution in [1.82, 2.24) is 14.5 Å². The van der Waals surface area contributed by atoms with Gasteiger partial charge < -0.3 is 4.74 Å². The monoisotopic (exact) mass is 441 g/mol. The Morgan fingerprint density at radius 2 is 2.10 bits per heavy atom. The summed E-state index contributed by atoms with van der Waals surface area (Å²) in [7, 11) is 0. The normalized spacial score (nSPS) is 15.5. The van der Waals surface area contributed by atoms with Crippen LogP contribution in [0.3, 0.4) is 0 Å². The van der Waals surface area contributed by atoms with Crippen molar-refractivity contribution in [2.45, 2.75) is 39.4 Å². The third-order valence-electron chi connectivity index (χ3n) is 5.47. The Labute approximate surface area is 181 Å². The maximum absolute atomic E-state index is 13.5. The lowest BCUT2D eigenvalue weighted by Gasteiger charge is -2.32. The molecule has 0 spiro atoms. The van der Waals surface area contributed by atoms with Crippen LogP contribution in [-0.2, 0) is 17.8 Å². The van der Waals surface area contributed by atoms with Crippen molar-refractivity contribution in [2.75, 3.05) is 5.43 Å². The van der Waals surface area contributed by atoms with Crippen LogP contribution in [0.25, 0.3) is 26.1 Å². The molecule has 0 radical (unpaired) electrons. The summed E-state index contributed by atoms with van der Waals surface area (Å²) in [4.78, 5) is 23.8. The van der Waals surface area contributed by atoms with Crippen LogP contribution in [0.1, 0.15) is 30.7 Å². The van der Waals surface area contributed by atoms with E-state index in [-0.39, 0.29) is 17.1 Å². The SMILES string of the molecule is Cc1nc2sc3c(=O)n(-c4cccc(Cl)c4)c(NN)nc3c2c2c1COC(C)(C)C2. The van der Waals surface area contributed by atoms with E-state index in [2.05, 4.69) is 19.3 Å². The van der Waals surface area contributed by atoms with Gasteiger partial charge in [0.2, 0.25) is 5.95 Å². The number of halogens is 1. The summed E-state index contributed by atoms with van der Waals surface area (Å²) in [5, 5.41) is 1.44. The highest BCUT2D eigenvalue weighted by molar-refractivity contribution is 7.25.